The van der Waals surface area contributed by atoms with Crippen molar-refractivity contribution in [3.63, 3.8) is 0 Å². The summed E-state index contributed by atoms with van der Waals surface area (Å²) in [6.45, 7) is 2.27. The Kier molecular flexibility index (Phi) is 5.97. The Balaban J connectivity index is 0.00000289. The third-order valence-electron chi connectivity index (χ3n) is 2.16. The molecule has 102 valence electrons. The molecule has 1 aromatic rings. The number of nitrogens with one attached hydrogen (secondary N) is 1. The highest BCUT2D eigenvalue weighted by Gasteiger charge is 2.33. The van der Waals surface area contributed by atoms with Crippen LogP contribution in [0.25, 0.3) is 0 Å². The number of carbonyl (C=O) groups excluding carboxylic acids is 1. The average Bonchev–Trinajstić information content (AvgIpc) is 2.25. The summed E-state index contributed by atoms with van der Waals surface area (Å²) in [7, 11) is 0. The van der Waals surface area contributed by atoms with Gasteiger partial charge in [-0.2, -0.15) is 13.2 Å². The Labute approximate surface area is 109 Å². The fourth-order valence-electron chi connectivity index (χ4n) is 1.28. The van der Waals surface area contributed by atoms with Gasteiger partial charge in [-0.1, -0.05) is 6.92 Å². The second-order valence-corrected chi connectivity index (χ2v) is 3.56. The smallest absolute Gasteiger partial charge is 0.398 e. The lowest BCUT2D eigenvalue weighted by Gasteiger charge is -2.11. The highest BCUT2D eigenvalue weighted by molar-refractivity contribution is 5.94. The van der Waals surface area contributed by atoms with E-state index < -0.39 is 17.6 Å². The molecule has 1 amide bonds. The lowest BCUT2D eigenvalue weighted by Crippen LogP contribution is -2.24. The van der Waals surface area contributed by atoms with Crippen molar-refractivity contribution in [1.29, 1.82) is 0 Å². The van der Waals surface area contributed by atoms with Gasteiger partial charge in [0.1, 0.15) is 0 Å². The predicted octanol–water partition coefficient (Wildman–Crippen LogP) is 2.85. The largest absolute Gasteiger partial charge is 0.418 e. The minimum absolute atomic E-state index is 0. The molecule has 0 heterocycles. The van der Waals surface area contributed by atoms with Crippen molar-refractivity contribution in [2.75, 3.05) is 12.3 Å². The van der Waals surface area contributed by atoms with Crippen LogP contribution >= 0.6 is 12.4 Å². The number of anilines is 1. The molecule has 0 atom stereocenters. The van der Waals surface area contributed by atoms with E-state index in [0.717, 1.165) is 12.1 Å². The van der Waals surface area contributed by atoms with Crippen LogP contribution in [-0.2, 0) is 6.18 Å². The molecule has 3 N–H and O–H groups in total. The van der Waals surface area contributed by atoms with Crippen LogP contribution in [0.5, 0.6) is 0 Å². The van der Waals surface area contributed by atoms with E-state index in [1.807, 2.05) is 6.92 Å². The van der Waals surface area contributed by atoms with E-state index in [9.17, 15) is 18.0 Å². The molecule has 0 unspecified atom stereocenters. The van der Waals surface area contributed by atoms with Crippen molar-refractivity contribution in [3.05, 3.63) is 29.3 Å². The van der Waals surface area contributed by atoms with Crippen LogP contribution in [0.3, 0.4) is 0 Å². The first-order valence-electron chi connectivity index (χ1n) is 5.11. The number of amides is 1. The summed E-state index contributed by atoms with van der Waals surface area (Å²) in [6, 6.07) is 3.12. The first-order chi connectivity index (χ1) is 7.86. The first kappa shape index (κ1) is 16.6. The minimum Gasteiger partial charge on any atom is -0.398 e. The van der Waals surface area contributed by atoms with Crippen molar-refractivity contribution < 1.29 is 18.0 Å². The molecule has 7 heteroatoms. The van der Waals surface area contributed by atoms with E-state index in [1.54, 1.807) is 0 Å². The van der Waals surface area contributed by atoms with Crippen molar-refractivity contribution in [1.82, 2.24) is 5.32 Å². The molecule has 0 radical (unpaired) electrons. The van der Waals surface area contributed by atoms with Crippen molar-refractivity contribution >= 4 is 24.0 Å². The number of nitrogens with two attached hydrogens (primary N) is 1. The number of carbonyl (C=O) groups is 1. The number of halogens is 4. The zero-order chi connectivity index (χ0) is 13.1. The first-order valence-corrected chi connectivity index (χ1v) is 5.11. The summed E-state index contributed by atoms with van der Waals surface area (Å²) in [6.07, 6.45) is -3.84. The Hall–Kier alpha value is -1.43. The topological polar surface area (TPSA) is 55.1 Å². The number of hydrogen-bond acceptors (Lipinski definition) is 2. The van der Waals surface area contributed by atoms with Gasteiger partial charge in [-0.3, -0.25) is 4.79 Å². The van der Waals surface area contributed by atoms with E-state index in [0.29, 0.717) is 13.0 Å². The molecule has 0 fully saturated rings. The molecule has 0 saturated heterocycles. The molecule has 0 bridgehead atoms. The van der Waals surface area contributed by atoms with Crippen molar-refractivity contribution in [2.24, 2.45) is 0 Å². The predicted molar refractivity (Wildman–Crippen MR) is 65.7 cm³/mol. The second-order valence-electron chi connectivity index (χ2n) is 3.56. The molecule has 0 saturated carbocycles. The maximum absolute atomic E-state index is 12.5. The van der Waals surface area contributed by atoms with Crippen LogP contribution in [0.15, 0.2) is 18.2 Å². The van der Waals surface area contributed by atoms with Crippen molar-refractivity contribution in [3.8, 4) is 0 Å². The van der Waals surface area contributed by atoms with Crippen molar-refractivity contribution in [2.45, 2.75) is 19.5 Å². The lowest BCUT2D eigenvalue weighted by atomic mass is 10.1. The Morgan fingerprint density at radius 3 is 2.50 bits per heavy atom. The fourth-order valence-corrected chi connectivity index (χ4v) is 1.28. The quantitative estimate of drug-likeness (QED) is 0.838. The number of nitrogen functional groups attached to an aromatic ring is 1. The van der Waals surface area contributed by atoms with Crippen LogP contribution in [-0.4, -0.2) is 12.5 Å². The van der Waals surface area contributed by atoms with Crippen LogP contribution in [0, 0.1) is 0 Å². The van der Waals surface area contributed by atoms with Gasteiger partial charge in [0.05, 0.1) is 5.56 Å². The van der Waals surface area contributed by atoms with Gasteiger partial charge in [-0.15, -0.1) is 12.4 Å². The number of rotatable bonds is 3. The van der Waals surface area contributed by atoms with Crippen LogP contribution in [0.4, 0.5) is 18.9 Å². The molecule has 18 heavy (non-hydrogen) atoms. The van der Waals surface area contributed by atoms with Crippen LogP contribution < -0.4 is 11.1 Å². The third-order valence-corrected chi connectivity index (χ3v) is 2.16. The molecule has 0 aliphatic rings. The molecule has 1 aromatic carbocycles. The highest BCUT2D eigenvalue weighted by atomic mass is 35.5. The molecule has 0 spiro atoms. The van der Waals surface area contributed by atoms with E-state index in [4.69, 9.17) is 5.73 Å². The Morgan fingerprint density at radius 1 is 1.39 bits per heavy atom. The zero-order valence-corrected chi connectivity index (χ0v) is 10.5. The van der Waals surface area contributed by atoms with Crippen LogP contribution in [0.1, 0.15) is 29.3 Å². The molecule has 0 aromatic heterocycles. The SMILES string of the molecule is CCCNC(=O)c1ccc(N)c(C(F)(F)F)c1.Cl. The summed E-state index contributed by atoms with van der Waals surface area (Å²) < 4.78 is 37.6. The van der Waals surface area contributed by atoms with Gasteiger partial charge < -0.3 is 11.1 Å². The maximum Gasteiger partial charge on any atom is 0.418 e. The number of benzene rings is 1. The van der Waals surface area contributed by atoms with Gasteiger partial charge in [0.2, 0.25) is 0 Å². The Bertz CT molecular complexity index is 421. The van der Waals surface area contributed by atoms with E-state index in [1.165, 1.54) is 6.07 Å². The monoisotopic (exact) mass is 282 g/mol. The minimum atomic E-state index is -4.55. The van der Waals surface area contributed by atoms with E-state index in [2.05, 4.69) is 5.32 Å². The molecule has 3 nitrogen and oxygen atoms in total. The lowest BCUT2D eigenvalue weighted by molar-refractivity contribution is -0.136. The highest BCUT2D eigenvalue weighted by Crippen LogP contribution is 2.33. The van der Waals surface area contributed by atoms with Gasteiger partial charge in [0.25, 0.3) is 5.91 Å². The molecule has 0 aliphatic heterocycles. The van der Waals surface area contributed by atoms with Gasteiger partial charge in [0.15, 0.2) is 0 Å². The molecular weight excluding hydrogens is 269 g/mol. The summed E-state index contributed by atoms with van der Waals surface area (Å²) >= 11 is 0. The maximum atomic E-state index is 12.5. The van der Waals surface area contributed by atoms with Gasteiger partial charge in [-0.25, -0.2) is 0 Å². The summed E-state index contributed by atoms with van der Waals surface area (Å²) in [5, 5.41) is 2.50. The van der Waals surface area contributed by atoms with E-state index >= 15 is 0 Å². The van der Waals surface area contributed by atoms with Crippen LogP contribution in [0.2, 0.25) is 0 Å². The molecule has 0 aliphatic carbocycles. The van der Waals surface area contributed by atoms with Gasteiger partial charge in [-0.05, 0) is 24.6 Å². The number of alkyl halides is 3. The zero-order valence-electron chi connectivity index (χ0n) is 9.67. The fraction of sp³-hybridized carbons (Fsp3) is 0.364. The van der Waals surface area contributed by atoms with Gasteiger partial charge >= 0.3 is 6.18 Å². The second kappa shape index (κ2) is 6.49. The number of hydrogen-bond donors (Lipinski definition) is 2. The van der Waals surface area contributed by atoms with Gasteiger partial charge in [0, 0.05) is 17.8 Å². The third kappa shape index (κ3) is 4.10. The average molecular weight is 283 g/mol. The Morgan fingerprint density at radius 2 is 2.00 bits per heavy atom. The molecular formula is C11H14ClF3N2O. The standard InChI is InChI=1S/C11H13F3N2O.ClH/c1-2-5-16-10(17)7-3-4-9(15)8(6-7)11(12,13)14;/h3-4,6H,2,5,15H2,1H3,(H,16,17);1H. The molecule has 1 rings (SSSR count). The van der Waals surface area contributed by atoms with E-state index in [-0.39, 0.29) is 23.7 Å². The summed E-state index contributed by atoms with van der Waals surface area (Å²) in [5.74, 6) is -0.530. The summed E-state index contributed by atoms with van der Waals surface area (Å²) in [5.41, 5.74) is 3.81. The normalized spacial score (nSPS) is 10.7. The summed E-state index contributed by atoms with van der Waals surface area (Å²) in [4.78, 5) is 11.5.